The molecule has 1 fully saturated rings. The number of rotatable bonds is 1. The maximum absolute atomic E-state index is 6.19. The van der Waals surface area contributed by atoms with Crippen LogP contribution in [0.15, 0.2) is 54.6 Å². The highest BCUT2D eigenvalue weighted by molar-refractivity contribution is 5.42. The molecule has 2 aliphatic heterocycles. The van der Waals surface area contributed by atoms with Crippen LogP contribution in [-0.2, 0) is 25.0 Å². The molecule has 2 aromatic rings. The first-order chi connectivity index (χ1) is 10.3. The zero-order valence-corrected chi connectivity index (χ0v) is 11.7. The van der Waals surface area contributed by atoms with Gasteiger partial charge in [-0.05, 0) is 5.56 Å². The van der Waals surface area contributed by atoms with Crippen molar-refractivity contribution in [1.82, 2.24) is 0 Å². The van der Waals surface area contributed by atoms with E-state index >= 15 is 0 Å². The van der Waals surface area contributed by atoms with Crippen LogP contribution in [0.2, 0.25) is 0 Å². The molecule has 0 amide bonds. The van der Waals surface area contributed by atoms with E-state index in [-0.39, 0.29) is 12.7 Å². The fraction of sp³-hybridized carbons (Fsp3) is 0.294. The first-order valence-electron chi connectivity index (χ1n) is 7.06. The Morgan fingerprint density at radius 1 is 1.00 bits per heavy atom. The number of hydrogen-bond acceptors (Lipinski definition) is 4. The quantitative estimate of drug-likeness (QED) is 0.753. The van der Waals surface area contributed by atoms with E-state index in [0.29, 0.717) is 0 Å². The molecule has 0 unspecified atom stereocenters. The van der Waals surface area contributed by atoms with E-state index in [4.69, 9.17) is 19.2 Å². The first-order valence-corrected chi connectivity index (χ1v) is 7.06. The summed E-state index contributed by atoms with van der Waals surface area (Å²) in [5.74, 6) is -0.964. The van der Waals surface area contributed by atoms with Gasteiger partial charge < -0.3 is 9.47 Å². The maximum atomic E-state index is 6.19. The second-order valence-electron chi connectivity index (χ2n) is 5.33. The Labute approximate surface area is 123 Å². The topological polar surface area (TPSA) is 36.9 Å². The van der Waals surface area contributed by atoms with E-state index in [1.165, 1.54) is 0 Å². The Bertz CT molecular complexity index is 642. The molecule has 4 nitrogen and oxygen atoms in total. The molecular weight excluding hydrogens is 268 g/mol. The lowest BCUT2D eigenvalue weighted by Gasteiger charge is -2.41. The lowest BCUT2D eigenvalue weighted by atomic mass is 9.84. The van der Waals surface area contributed by atoms with E-state index in [1.54, 1.807) is 0 Å². The third-order valence-electron chi connectivity index (χ3n) is 4.11. The minimum atomic E-state index is -1.08. The smallest absolute Gasteiger partial charge is 0.256 e. The van der Waals surface area contributed by atoms with Gasteiger partial charge >= 0.3 is 0 Å². The van der Waals surface area contributed by atoms with E-state index in [2.05, 4.69) is 13.0 Å². The van der Waals surface area contributed by atoms with Crippen molar-refractivity contribution in [2.45, 2.75) is 24.9 Å². The highest BCUT2D eigenvalue weighted by Gasteiger charge is 2.50. The lowest BCUT2D eigenvalue weighted by molar-refractivity contribution is -0.415. The van der Waals surface area contributed by atoms with Gasteiger partial charge in [0.15, 0.2) is 13.1 Å². The highest BCUT2D eigenvalue weighted by atomic mass is 17.3. The van der Waals surface area contributed by atoms with Crippen LogP contribution < -0.4 is 0 Å². The van der Waals surface area contributed by atoms with Crippen molar-refractivity contribution in [3.63, 3.8) is 0 Å². The van der Waals surface area contributed by atoms with Gasteiger partial charge in [0.25, 0.3) is 5.79 Å². The standard InChI is InChI=1S/C17H16O4/c1-12-14-9-5-6-10-15(14)17(13-7-3-2-4-8-13)20-16(12)18-11-19-21-17/h2-10,12,16H,11H2,1H3/t12-,16+,17+/m1/s1. The molecule has 2 aliphatic rings. The Hall–Kier alpha value is -1.72. The van der Waals surface area contributed by atoms with Gasteiger partial charge in [0.1, 0.15) is 0 Å². The molecule has 0 aromatic heterocycles. The van der Waals surface area contributed by atoms with Crippen molar-refractivity contribution in [2.24, 2.45) is 0 Å². The molecule has 2 aromatic carbocycles. The minimum absolute atomic E-state index is 0.0532. The SMILES string of the molecule is C[C@@H]1c2ccccc2[C@]2(c3ccccc3)OOCO[C@H]1O2. The lowest BCUT2D eigenvalue weighted by Crippen LogP contribution is -2.43. The molecule has 3 atom stereocenters. The van der Waals surface area contributed by atoms with Crippen LogP contribution in [0.5, 0.6) is 0 Å². The summed E-state index contributed by atoms with van der Waals surface area (Å²) in [4.78, 5) is 10.9. The molecule has 1 saturated heterocycles. The van der Waals surface area contributed by atoms with E-state index in [0.717, 1.165) is 16.7 Å². The average Bonchev–Trinajstić information content (AvgIpc) is 2.76. The van der Waals surface area contributed by atoms with Crippen LogP contribution in [-0.4, -0.2) is 13.1 Å². The second-order valence-corrected chi connectivity index (χ2v) is 5.33. The highest BCUT2D eigenvalue weighted by Crippen LogP contribution is 2.47. The first kappa shape index (κ1) is 13.0. The monoisotopic (exact) mass is 284 g/mol. The van der Waals surface area contributed by atoms with Gasteiger partial charge in [-0.25, -0.2) is 4.89 Å². The molecule has 0 spiro atoms. The van der Waals surface area contributed by atoms with Crippen molar-refractivity contribution in [2.75, 3.05) is 6.79 Å². The molecule has 2 heterocycles. The van der Waals surface area contributed by atoms with Crippen molar-refractivity contribution in [1.29, 1.82) is 0 Å². The summed E-state index contributed by atoms with van der Waals surface area (Å²) in [5.41, 5.74) is 3.01. The Balaban J connectivity index is 1.96. The number of ether oxygens (including phenoxy) is 2. The normalized spacial score (nSPS) is 31.3. The van der Waals surface area contributed by atoms with Gasteiger partial charge in [-0.2, -0.15) is 4.89 Å². The Morgan fingerprint density at radius 3 is 2.62 bits per heavy atom. The third-order valence-corrected chi connectivity index (χ3v) is 4.11. The van der Waals surface area contributed by atoms with Crippen molar-refractivity contribution in [3.8, 4) is 0 Å². The zero-order chi connectivity index (χ0) is 14.3. The van der Waals surface area contributed by atoms with Crippen LogP contribution in [0.3, 0.4) is 0 Å². The van der Waals surface area contributed by atoms with Gasteiger partial charge in [-0.15, -0.1) is 0 Å². The van der Waals surface area contributed by atoms with Crippen molar-refractivity contribution >= 4 is 0 Å². The molecule has 21 heavy (non-hydrogen) atoms. The molecule has 0 N–H and O–H groups in total. The van der Waals surface area contributed by atoms with E-state index in [1.807, 2.05) is 48.5 Å². The van der Waals surface area contributed by atoms with Crippen LogP contribution in [0.1, 0.15) is 29.5 Å². The summed E-state index contributed by atoms with van der Waals surface area (Å²) < 4.78 is 11.8. The molecule has 0 radical (unpaired) electrons. The van der Waals surface area contributed by atoms with E-state index in [9.17, 15) is 0 Å². The van der Waals surface area contributed by atoms with Gasteiger partial charge in [0.05, 0.1) is 0 Å². The molecule has 108 valence electrons. The molecular formula is C17H16O4. The average molecular weight is 284 g/mol. The molecule has 0 aliphatic carbocycles. The second kappa shape index (κ2) is 4.93. The molecule has 4 heteroatoms. The van der Waals surface area contributed by atoms with Crippen LogP contribution in [0, 0.1) is 0 Å². The summed E-state index contributed by atoms with van der Waals surface area (Å²) in [6.45, 7) is 2.14. The summed E-state index contributed by atoms with van der Waals surface area (Å²) in [7, 11) is 0. The summed E-state index contributed by atoms with van der Waals surface area (Å²) >= 11 is 0. The van der Waals surface area contributed by atoms with Gasteiger partial charge in [0, 0.05) is 17.0 Å². The number of fused-ring (bicyclic) bond motifs is 4. The molecule has 2 bridgehead atoms. The van der Waals surface area contributed by atoms with Gasteiger partial charge in [-0.3, -0.25) is 0 Å². The fourth-order valence-electron chi connectivity index (χ4n) is 3.04. The summed E-state index contributed by atoms with van der Waals surface area (Å²) in [6, 6.07) is 17.9. The number of benzene rings is 2. The van der Waals surface area contributed by atoms with Gasteiger partial charge in [-0.1, -0.05) is 61.5 Å². The van der Waals surface area contributed by atoms with Crippen molar-refractivity contribution < 1.29 is 19.2 Å². The van der Waals surface area contributed by atoms with Crippen LogP contribution >= 0.6 is 0 Å². The van der Waals surface area contributed by atoms with E-state index < -0.39 is 12.1 Å². The van der Waals surface area contributed by atoms with Gasteiger partial charge in [0.2, 0.25) is 0 Å². The summed E-state index contributed by atoms with van der Waals surface area (Å²) in [5, 5.41) is 0. The summed E-state index contributed by atoms with van der Waals surface area (Å²) in [6.07, 6.45) is -0.400. The third kappa shape index (κ3) is 1.92. The maximum Gasteiger partial charge on any atom is 0.256 e. The predicted octanol–water partition coefficient (Wildman–Crippen LogP) is 3.28. The predicted molar refractivity (Wildman–Crippen MR) is 75.1 cm³/mol. The Kier molecular flexibility index (Phi) is 3.05. The molecule has 0 saturated carbocycles. The molecule has 4 rings (SSSR count). The number of hydrogen-bond donors (Lipinski definition) is 0. The van der Waals surface area contributed by atoms with Crippen LogP contribution in [0.25, 0.3) is 0 Å². The van der Waals surface area contributed by atoms with Crippen molar-refractivity contribution in [3.05, 3.63) is 71.3 Å². The minimum Gasteiger partial charge on any atom is -0.323 e. The van der Waals surface area contributed by atoms with Crippen LogP contribution in [0.4, 0.5) is 0 Å². The Morgan fingerprint density at radius 2 is 1.76 bits per heavy atom. The fourth-order valence-corrected chi connectivity index (χ4v) is 3.04. The largest absolute Gasteiger partial charge is 0.323 e. The zero-order valence-electron chi connectivity index (χ0n) is 11.7.